The summed E-state index contributed by atoms with van der Waals surface area (Å²) >= 11 is 11.8. The molecule has 3 N–H and O–H groups in total. The third kappa shape index (κ3) is 4.94. The smallest absolute Gasteiger partial charge is 0.279 e. The number of hydrogen-bond acceptors (Lipinski definition) is 1. The van der Waals surface area contributed by atoms with Crippen molar-refractivity contribution in [2.24, 2.45) is 0 Å². The first-order valence-electron chi connectivity index (χ1n) is 8.04. The zero-order chi connectivity index (χ0) is 18.7. The molecule has 0 fully saturated rings. The summed E-state index contributed by atoms with van der Waals surface area (Å²) in [7, 11) is 0. The molecule has 0 spiro atoms. The molecule has 2 rings (SSSR count). The number of anilines is 1. The van der Waals surface area contributed by atoms with Gasteiger partial charge in [-0.2, -0.15) is 0 Å². The van der Waals surface area contributed by atoms with Crippen LogP contribution in [0.1, 0.15) is 35.2 Å². The van der Waals surface area contributed by atoms with E-state index in [2.05, 4.69) is 5.32 Å². The third-order valence-electron chi connectivity index (χ3n) is 4.13. The molecular weight excluding hydrogens is 362 g/mol. The summed E-state index contributed by atoms with van der Waals surface area (Å²) in [6.45, 7) is 8.03. The number of halogens is 3. The second-order valence-electron chi connectivity index (χ2n) is 6.34. The fourth-order valence-electron chi connectivity index (χ4n) is 2.87. The van der Waals surface area contributed by atoms with Gasteiger partial charge in [-0.1, -0.05) is 40.9 Å². The van der Waals surface area contributed by atoms with Crippen LogP contribution in [0.15, 0.2) is 24.3 Å². The summed E-state index contributed by atoms with van der Waals surface area (Å²) in [6, 6.07) is 6.59. The Bertz CT molecular complexity index is 785. The predicted octanol–water partition coefficient (Wildman–Crippen LogP) is 4.32. The number of nitrogens with one attached hydrogen (secondary N) is 1. The molecule has 0 aromatic heterocycles. The van der Waals surface area contributed by atoms with Crippen LogP contribution in [0.4, 0.5) is 10.1 Å². The van der Waals surface area contributed by atoms with Crippen molar-refractivity contribution in [3.8, 4) is 0 Å². The Morgan fingerprint density at radius 1 is 1.12 bits per heavy atom. The van der Waals surface area contributed by atoms with Gasteiger partial charge in [-0.05, 0) is 51.0 Å². The van der Waals surface area contributed by atoms with Gasteiger partial charge in [-0.25, -0.2) is 4.39 Å². The molecule has 2 aromatic rings. The van der Waals surface area contributed by atoms with Gasteiger partial charge in [-0.3, -0.25) is 4.79 Å². The Morgan fingerprint density at radius 2 is 1.72 bits per heavy atom. The number of amides is 1. The minimum absolute atomic E-state index is 0.0102. The Balaban J connectivity index is 2.02. The van der Waals surface area contributed by atoms with Crippen LogP contribution >= 0.6 is 23.2 Å². The zero-order valence-electron chi connectivity index (χ0n) is 14.7. The van der Waals surface area contributed by atoms with Crippen molar-refractivity contribution >= 4 is 34.8 Å². The zero-order valence-corrected chi connectivity index (χ0v) is 16.2. The Hall–Kier alpha value is -1.62. The molecule has 0 saturated carbocycles. The number of quaternary nitrogens is 1. The first-order valence-corrected chi connectivity index (χ1v) is 8.80. The van der Waals surface area contributed by atoms with Gasteiger partial charge in [-0.15, -0.1) is 0 Å². The summed E-state index contributed by atoms with van der Waals surface area (Å²) < 4.78 is 13.6. The topological polar surface area (TPSA) is 45.7 Å². The number of nitrogens with two attached hydrogens (primary N) is 1. The van der Waals surface area contributed by atoms with E-state index < -0.39 is 5.82 Å². The van der Waals surface area contributed by atoms with Crippen LogP contribution in [0.2, 0.25) is 10.0 Å². The van der Waals surface area contributed by atoms with Gasteiger partial charge in [0, 0.05) is 11.3 Å². The van der Waals surface area contributed by atoms with E-state index in [0.717, 1.165) is 22.4 Å². The van der Waals surface area contributed by atoms with Gasteiger partial charge in [0.2, 0.25) is 0 Å². The highest BCUT2D eigenvalue weighted by Gasteiger charge is 2.18. The molecule has 0 bridgehead atoms. The van der Waals surface area contributed by atoms with Crippen LogP contribution in [-0.4, -0.2) is 12.5 Å². The molecule has 0 aliphatic rings. The molecule has 0 radical (unpaired) electrons. The van der Waals surface area contributed by atoms with Crippen molar-refractivity contribution in [1.82, 2.24) is 0 Å². The Kier molecular flexibility index (Phi) is 6.44. The number of hydrogen-bond donors (Lipinski definition) is 2. The second kappa shape index (κ2) is 8.17. The molecule has 2 aromatic carbocycles. The van der Waals surface area contributed by atoms with Gasteiger partial charge < -0.3 is 10.6 Å². The number of aryl methyl sites for hydroxylation is 3. The van der Waals surface area contributed by atoms with E-state index in [9.17, 15) is 9.18 Å². The highest BCUT2D eigenvalue weighted by molar-refractivity contribution is 6.35. The number of rotatable bonds is 5. The maximum atomic E-state index is 13.6. The Labute approximate surface area is 157 Å². The van der Waals surface area contributed by atoms with Crippen LogP contribution in [0.5, 0.6) is 0 Å². The summed E-state index contributed by atoms with van der Waals surface area (Å²) in [5.74, 6) is -0.635. The standard InChI is InChI=1S/C19H21Cl2FN2O/c1-10-5-11(2)19(12(3)6-10)24-18(25)9-23-13(4)14-7-17(22)16(21)8-15(14)20/h5-8,13,23H,9H2,1-4H3,(H,24,25)/p+1/t13-/m1/s1. The number of carbonyl (C=O) groups is 1. The summed E-state index contributed by atoms with van der Waals surface area (Å²) in [4.78, 5) is 12.3. The van der Waals surface area contributed by atoms with Crippen molar-refractivity contribution in [1.29, 1.82) is 0 Å². The lowest BCUT2D eigenvalue weighted by molar-refractivity contribution is -0.682. The fourth-order valence-corrected chi connectivity index (χ4v) is 3.42. The lowest BCUT2D eigenvalue weighted by Crippen LogP contribution is -2.86. The van der Waals surface area contributed by atoms with Crippen LogP contribution in [0.3, 0.4) is 0 Å². The van der Waals surface area contributed by atoms with Crippen molar-refractivity contribution in [2.75, 3.05) is 11.9 Å². The molecule has 0 heterocycles. The molecule has 3 nitrogen and oxygen atoms in total. The molecule has 6 heteroatoms. The van der Waals surface area contributed by atoms with Gasteiger partial charge in [0.1, 0.15) is 11.9 Å². The fraction of sp³-hybridized carbons (Fsp3) is 0.316. The molecule has 0 unspecified atom stereocenters. The van der Waals surface area contributed by atoms with Crippen LogP contribution < -0.4 is 10.6 Å². The molecule has 1 atom stereocenters. The summed E-state index contributed by atoms with van der Waals surface area (Å²) in [5.41, 5.74) is 4.67. The van der Waals surface area contributed by atoms with E-state index in [4.69, 9.17) is 23.2 Å². The largest absolute Gasteiger partial charge is 0.332 e. The minimum Gasteiger partial charge on any atom is -0.332 e. The van der Waals surface area contributed by atoms with E-state index >= 15 is 0 Å². The van der Waals surface area contributed by atoms with Gasteiger partial charge in [0.15, 0.2) is 6.54 Å². The van der Waals surface area contributed by atoms with Crippen LogP contribution in [0.25, 0.3) is 0 Å². The van der Waals surface area contributed by atoms with Crippen molar-refractivity contribution in [2.45, 2.75) is 33.7 Å². The maximum absolute atomic E-state index is 13.6. The third-order valence-corrected chi connectivity index (χ3v) is 4.75. The van der Waals surface area contributed by atoms with Gasteiger partial charge >= 0.3 is 0 Å². The van der Waals surface area contributed by atoms with E-state index in [1.165, 1.54) is 12.1 Å². The molecule has 1 amide bonds. The van der Waals surface area contributed by atoms with Crippen molar-refractivity contribution < 1.29 is 14.5 Å². The maximum Gasteiger partial charge on any atom is 0.279 e. The van der Waals surface area contributed by atoms with Crippen LogP contribution in [-0.2, 0) is 4.79 Å². The highest BCUT2D eigenvalue weighted by atomic mass is 35.5. The minimum atomic E-state index is -0.517. The van der Waals surface area contributed by atoms with Crippen molar-refractivity contribution in [3.05, 3.63) is 62.4 Å². The predicted molar refractivity (Wildman–Crippen MR) is 101 cm³/mol. The first-order chi connectivity index (χ1) is 11.7. The SMILES string of the molecule is Cc1cc(C)c(NC(=O)C[NH2+][C@H](C)c2cc(F)c(Cl)cc2Cl)c(C)c1. The highest BCUT2D eigenvalue weighted by Crippen LogP contribution is 2.27. The molecule has 0 aliphatic heterocycles. The molecule has 0 aliphatic carbocycles. The summed E-state index contributed by atoms with van der Waals surface area (Å²) in [5, 5.41) is 5.14. The molecule has 25 heavy (non-hydrogen) atoms. The Morgan fingerprint density at radius 3 is 2.32 bits per heavy atom. The first kappa shape index (κ1) is 19.7. The van der Waals surface area contributed by atoms with Crippen LogP contribution in [0, 0.1) is 26.6 Å². The van der Waals surface area contributed by atoms with E-state index in [1.54, 1.807) is 0 Å². The number of benzene rings is 2. The quantitative estimate of drug-likeness (QED) is 0.741. The second-order valence-corrected chi connectivity index (χ2v) is 7.15. The number of carbonyl (C=O) groups excluding carboxylic acids is 1. The molecule has 134 valence electrons. The van der Waals surface area contributed by atoms with E-state index in [0.29, 0.717) is 10.6 Å². The summed E-state index contributed by atoms with van der Waals surface area (Å²) in [6.07, 6.45) is 0. The molecular formula is C19H22Cl2FN2O+. The van der Waals surface area contributed by atoms with E-state index in [1.807, 2.05) is 45.1 Å². The normalized spacial score (nSPS) is 12.1. The van der Waals surface area contributed by atoms with Crippen molar-refractivity contribution in [3.63, 3.8) is 0 Å². The van der Waals surface area contributed by atoms with Gasteiger partial charge in [0.05, 0.1) is 10.0 Å². The molecule has 0 saturated heterocycles. The average Bonchev–Trinajstić information content (AvgIpc) is 2.52. The monoisotopic (exact) mass is 383 g/mol. The lowest BCUT2D eigenvalue weighted by Gasteiger charge is -2.15. The lowest BCUT2D eigenvalue weighted by atomic mass is 10.1. The van der Waals surface area contributed by atoms with Gasteiger partial charge in [0.25, 0.3) is 5.91 Å². The van der Waals surface area contributed by atoms with E-state index in [-0.39, 0.29) is 23.5 Å². The average molecular weight is 384 g/mol.